The standard InChI is InChI=1S/C23H26N4O4/c28-20(10-11-21(29)30)26(15-8-9-15)22-16-4-1-2-6-18(16)27(19-7-3-5-17(19)22)23(31)25-13-12-24-14-25/h1-2,4,6,12-15,17,19,22H,3,5,7-11H2,(H,29,30)/t17-,19+,22-/m0/s1. The molecule has 31 heavy (non-hydrogen) atoms. The van der Waals surface area contributed by atoms with Crippen LogP contribution in [0.3, 0.4) is 0 Å². The van der Waals surface area contributed by atoms with Crippen molar-refractivity contribution in [3.8, 4) is 0 Å². The van der Waals surface area contributed by atoms with Crippen LogP contribution in [-0.4, -0.2) is 49.5 Å². The van der Waals surface area contributed by atoms with Crippen LogP contribution < -0.4 is 4.90 Å². The van der Waals surface area contributed by atoms with Crippen molar-refractivity contribution in [2.45, 2.75) is 63.1 Å². The van der Waals surface area contributed by atoms with Crippen molar-refractivity contribution in [2.75, 3.05) is 4.90 Å². The molecule has 2 aromatic rings. The van der Waals surface area contributed by atoms with Crippen molar-refractivity contribution in [3.05, 3.63) is 48.5 Å². The molecule has 3 atom stereocenters. The topological polar surface area (TPSA) is 95.7 Å². The van der Waals surface area contributed by atoms with Crippen LogP contribution in [0.2, 0.25) is 0 Å². The Kier molecular flexibility index (Phi) is 5.00. The maximum absolute atomic E-state index is 13.4. The van der Waals surface area contributed by atoms with E-state index in [1.165, 1.54) is 10.9 Å². The first-order chi connectivity index (χ1) is 15.1. The highest BCUT2D eigenvalue weighted by Crippen LogP contribution is 2.52. The monoisotopic (exact) mass is 422 g/mol. The predicted octanol–water partition coefficient (Wildman–Crippen LogP) is 3.44. The third-order valence-corrected chi connectivity index (χ3v) is 6.80. The normalized spacial score (nSPS) is 24.4. The summed E-state index contributed by atoms with van der Waals surface area (Å²) in [4.78, 5) is 45.6. The Morgan fingerprint density at radius 3 is 2.61 bits per heavy atom. The van der Waals surface area contributed by atoms with E-state index in [2.05, 4.69) is 4.98 Å². The number of hydrogen-bond donors (Lipinski definition) is 1. The first-order valence-corrected chi connectivity index (χ1v) is 11.0. The molecule has 1 aromatic heterocycles. The molecular weight excluding hydrogens is 396 g/mol. The van der Waals surface area contributed by atoms with Crippen LogP contribution in [0, 0.1) is 5.92 Å². The fraction of sp³-hybridized carbons (Fsp3) is 0.478. The summed E-state index contributed by atoms with van der Waals surface area (Å²) in [5.41, 5.74) is 1.82. The lowest BCUT2D eigenvalue weighted by molar-refractivity contribution is -0.142. The SMILES string of the molecule is O=C(O)CCC(=O)N(C1CC1)[C@H]1c2ccccc2N(C(=O)n2ccnc2)[C@@H]2CCC[C@@H]21. The third kappa shape index (κ3) is 3.49. The molecule has 8 nitrogen and oxygen atoms in total. The van der Waals surface area contributed by atoms with Gasteiger partial charge in [-0.2, -0.15) is 0 Å². The van der Waals surface area contributed by atoms with Crippen molar-refractivity contribution in [3.63, 3.8) is 0 Å². The van der Waals surface area contributed by atoms with Crippen molar-refractivity contribution < 1.29 is 19.5 Å². The van der Waals surface area contributed by atoms with Gasteiger partial charge in [-0.1, -0.05) is 24.6 Å². The van der Waals surface area contributed by atoms with Gasteiger partial charge >= 0.3 is 12.0 Å². The van der Waals surface area contributed by atoms with Crippen molar-refractivity contribution in [1.29, 1.82) is 0 Å². The molecule has 0 saturated heterocycles. The number of benzene rings is 1. The zero-order valence-corrected chi connectivity index (χ0v) is 17.3. The zero-order chi connectivity index (χ0) is 21.5. The molecule has 2 heterocycles. The van der Waals surface area contributed by atoms with Crippen molar-refractivity contribution in [2.24, 2.45) is 5.92 Å². The van der Waals surface area contributed by atoms with Gasteiger partial charge in [-0.15, -0.1) is 0 Å². The van der Waals surface area contributed by atoms with E-state index in [9.17, 15) is 14.4 Å². The van der Waals surface area contributed by atoms with Gasteiger partial charge in [0.1, 0.15) is 6.33 Å². The Morgan fingerprint density at radius 1 is 1.10 bits per heavy atom. The van der Waals surface area contributed by atoms with Crippen molar-refractivity contribution in [1.82, 2.24) is 14.5 Å². The number of aromatic nitrogens is 2. The fourth-order valence-electron chi connectivity index (χ4n) is 5.40. The number of para-hydroxylation sites is 1. The van der Waals surface area contributed by atoms with Crippen LogP contribution in [0.5, 0.6) is 0 Å². The van der Waals surface area contributed by atoms with Crippen LogP contribution >= 0.6 is 0 Å². The number of carboxylic acid groups (broad SMARTS) is 1. The molecule has 0 spiro atoms. The molecule has 0 radical (unpaired) electrons. The van der Waals surface area contributed by atoms with Gasteiger partial charge in [0.25, 0.3) is 0 Å². The highest BCUT2D eigenvalue weighted by Gasteiger charge is 2.51. The summed E-state index contributed by atoms with van der Waals surface area (Å²) in [6.07, 6.45) is 9.35. The minimum absolute atomic E-state index is 0.00308. The van der Waals surface area contributed by atoms with Crippen molar-refractivity contribution >= 4 is 23.6 Å². The Hall–Kier alpha value is -3.16. The maximum atomic E-state index is 13.4. The molecule has 162 valence electrons. The Balaban J connectivity index is 1.56. The third-order valence-electron chi connectivity index (χ3n) is 6.80. The van der Waals surface area contributed by atoms with Crippen LogP contribution in [0.25, 0.3) is 0 Å². The van der Waals surface area contributed by atoms with Gasteiger partial charge < -0.3 is 10.0 Å². The summed E-state index contributed by atoms with van der Waals surface area (Å²) in [5.74, 6) is -0.912. The molecule has 1 aliphatic heterocycles. The van der Waals surface area contributed by atoms with Gasteiger partial charge in [-0.25, -0.2) is 9.78 Å². The molecule has 8 heteroatoms. The molecule has 3 aliphatic rings. The van der Waals surface area contributed by atoms with Crippen LogP contribution in [0.4, 0.5) is 10.5 Å². The number of carbonyl (C=O) groups excluding carboxylic acids is 2. The van der Waals surface area contributed by atoms with Crippen LogP contribution in [0.15, 0.2) is 43.0 Å². The number of imidazole rings is 1. The summed E-state index contributed by atoms with van der Waals surface area (Å²) in [7, 11) is 0. The minimum Gasteiger partial charge on any atom is -0.481 e. The quantitative estimate of drug-likeness (QED) is 0.796. The lowest BCUT2D eigenvalue weighted by Gasteiger charge is -2.47. The van der Waals surface area contributed by atoms with E-state index in [1.807, 2.05) is 34.1 Å². The molecule has 0 bridgehead atoms. The highest BCUT2D eigenvalue weighted by atomic mass is 16.4. The minimum atomic E-state index is -0.955. The zero-order valence-electron chi connectivity index (χ0n) is 17.3. The van der Waals surface area contributed by atoms with E-state index >= 15 is 0 Å². The van der Waals surface area contributed by atoms with Gasteiger partial charge in [-0.05, 0) is 37.3 Å². The van der Waals surface area contributed by atoms with E-state index in [0.717, 1.165) is 43.4 Å². The molecule has 0 unspecified atom stereocenters. The number of nitrogens with zero attached hydrogens (tertiary/aromatic N) is 4. The second-order valence-corrected chi connectivity index (χ2v) is 8.71. The Labute approximate surface area is 180 Å². The Bertz CT molecular complexity index is 1000. The lowest BCUT2D eigenvalue weighted by atomic mass is 9.81. The molecular formula is C23H26N4O4. The number of aliphatic carboxylic acids is 1. The van der Waals surface area contributed by atoms with Crippen LogP contribution in [0.1, 0.15) is 56.6 Å². The highest BCUT2D eigenvalue weighted by molar-refractivity contribution is 5.96. The molecule has 1 N–H and O–H groups in total. The number of carbonyl (C=O) groups is 3. The summed E-state index contributed by atoms with van der Waals surface area (Å²) < 4.78 is 1.50. The van der Waals surface area contributed by atoms with Gasteiger partial charge in [0.2, 0.25) is 5.91 Å². The van der Waals surface area contributed by atoms with Gasteiger partial charge in [0.15, 0.2) is 0 Å². The number of rotatable bonds is 5. The van der Waals surface area contributed by atoms with E-state index in [4.69, 9.17) is 5.11 Å². The van der Waals surface area contributed by atoms with Crippen LogP contribution in [-0.2, 0) is 9.59 Å². The Morgan fingerprint density at radius 2 is 1.90 bits per heavy atom. The molecule has 2 aliphatic carbocycles. The van der Waals surface area contributed by atoms with E-state index in [-0.39, 0.29) is 48.8 Å². The second-order valence-electron chi connectivity index (χ2n) is 8.71. The molecule has 2 fully saturated rings. The number of amides is 2. The lowest BCUT2D eigenvalue weighted by Crippen LogP contribution is -2.53. The number of hydrogen-bond acceptors (Lipinski definition) is 4. The van der Waals surface area contributed by atoms with E-state index < -0.39 is 5.97 Å². The average Bonchev–Trinajstić information content (AvgIpc) is 3.24. The second kappa shape index (κ2) is 7.83. The molecule has 5 rings (SSSR count). The summed E-state index contributed by atoms with van der Waals surface area (Å²) >= 11 is 0. The van der Waals surface area contributed by atoms with Gasteiger partial charge in [-0.3, -0.25) is 19.1 Å². The molecule has 2 saturated carbocycles. The average molecular weight is 422 g/mol. The van der Waals surface area contributed by atoms with Gasteiger partial charge in [0, 0.05) is 36.8 Å². The molecule has 2 amide bonds. The first kappa shape index (κ1) is 19.8. The summed E-state index contributed by atoms with van der Waals surface area (Å²) in [5, 5.41) is 9.08. The maximum Gasteiger partial charge on any atom is 0.334 e. The number of fused-ring (bicyclic) bond motifs is 2. The first-order valence-electron chi connectivity index (χ1n) is 11.0. The van der Waals surface area contributed by atoms with E-state index in [0.29, 0.717) is 0 Å². The fourth-order valence-corrected chi connectivity index (χ4v) is 5.40. The summed E-state index contributed by atoms with van der Waals surface area (Å²) in [6.45, 7) is 0. The van der Waals surface area contributed by atoms with E-state index in [1.54, 1.807) is 12.4 Å². The smallest absolute Gasteiger partial charge is 0.334 e. The predicted molar refractivity (Wildman–Crippen MR) is 113 cm³/mol. The largest absolute Gasteiger partial charge is 0.481 e. The molecule has 1 aromatic carbocycles. The van der Waals surface area contributed by atoms with Gasteiger partial charge in [0.05, 0.1) is 18.2 Å². The number of anilines is 1. The number of carboxylic acids is 1. The summed E-state index contributed by atoms with van der Waals surface area (Å²) in [6, 6.07) is 7.77.